The van der Waals surface area contributed by atoms with E-state index in [0.717, 1.165) is 82.2 Å². The summed E-state index contributed by atoms with van der Waals surface area (Å²) in [6.45, 7) is 14.6. The van der Waals surface area contributed by atoms with Crippen LogP contribution in [0.2, 0.25) is 0 Å². The van der Waals surface area contributed by atoms with Crippen molar-refractivity contribution < 1.29 is 28.4 Å². The van der Waals surface area contributed by atoms with Gasteiger partial charge in [-0.2, -0.15) is 0 Å². The first-order valence-electron chi connectivity index (χ1n) is 26.3. The molecule has 6 saturated carbocycles. The first kappa shape index (κ1) is 47.9. The smallest absolute Gasteiger partial charge is 0.0975 e. The van der Waals surface area contributed by atoms with Gasteiger partial charge in [-0.3, -0.25) is 4.90 Å². The standard InChI is InChI=1S/C55H87NO6/c1-3-57-31-13-33-59-52-29-26-45(23-21-43-15-7-5-8-16-43)35-50(52)41-61-54-39-56(38-47-25-28-48-19-11-12-20-49(48)37-47)40-55(54)62-42-51-36-46(24-22-44-17-9-6-10-18-44)27-30-53(51)60-34-14-32-58-4-2/h3-4,43-55H,1-2,5-20,25-42H2. The third kappa shape index (κ3) is 15.6. The molecule has 7 nitrogen and oxygen atoms in total. The fourth-order valence-corrected chi connectivity index (χ4v) is 12.7. The van der Waals surface area contributed by atoms with Crippen LogP contribution in [0.3, 0.4) is 0 Å². The lowest BCUT2D eigenvalue weighted by Crippen LogP contribution is -2.40. The molecule has 1 saturated heterocycles. The van der Waals surface area contributed by atoms with Crippen molar-refractivity contribution in [2.75, 3.05) is 59.3 Å². The summed E-state index contributed by atoms with van der Waals surface area (Å²) in [7, 11) is 0. The Morgan fingerprint density at radius 2 is 0.919 bits per heavy atom. The average molecular weight is 858 g/mol. The molecule has 1 heterocycles. The number of rotatable bonds is 20. The van der Waals surface area contributed by atoms with E-state index < -0.39 is 0 Å². The highest BCUT2D eigenvalue weighted by atomic mass is 16.5. The Morgan fingerprint density at radius 1 is 0.435 bits per heavy atom. The summed E-state index contributed by atoms with van der Waals surface area (Å²) >= 11 is 0. The molecule has 6 aliphatic carbocycles. The quantitative estimate of drug-likeness (QED) is 0.0687. The Labute approximate surface area is 378 Å². The van der Waals surface area contributed by atoms with Crippen LogP contribution in [0.5, 0.6) is 0 Å². The van der Waals surface area contributed by atoms with Gasteiger partial charge < -0.3 is 28.4 Å². The van der Waals surface area contributed by atoms with Crippen molar-refractivity contribution in [1.82, 2.24) is 4.90 Å². The van der Waals surface area contributed by atoms with Gasteiger partial charge in [0.2, 0.25) is 0 Å². The molecule has 0 aromatic rings. The Morgan fingerprint density at radius 3 is 1.44 bits per heavy atom. The zero-order valence-electron chi connectivity index (χ0n) is 39.0. The minimum Gasteiger partial charge on any atom is -0.502 e. The fraction of sp³-hybridized carbons (Fsp3) is 0.855. The van der Waals surface area contributed by atoms with E-state index in [1.54, 1.807) is 0 Å². The van der Waals surface area contributed by atoms with Gasteiger partial charge in [-0.15, -0.1) is 0 Å². The lowest BCUT2D eigenvalue weighted by molar-refractivity contribution is -0.109. The summed E-state index contributed by atoms with van der Waals surface area (Å²) in [5.41, 5.74) is 0. The van der Waals surface area contributed by atoms with Gasteiger partial charge in [-0.25, -0.2) is 0 Å². The molecule has 0 spiro atoms. The highest BCUT2D eigenvalue weighted by Crippen LogP contribution is 2.43. The second-order valence-corrected chi connectivity index (χ2v) is 20.8. The molecule has 7 heteroatoms. The zero-order valence-corrected chi connectivity index (χ0v) is 39.0. The molecule has 0 bridgehead atoms. The van der Waals surface area contributed by atoms with Crippen LogP contribution in [0.25, 0.3) is 0 Å². The van der Waals surface area contributed by atoms with Gasteiger partial charge >= 0.3 is 0 Å². The van der Waals surface area contributed by atoms with Crippen molar-refractivity contribution in [3.8, 4) is 23.7 Å². The van der Waals surface area contributed by atoms with Gasteiger partial charge in [0.25, 0.3) is 0 Å². The molecular weight excluding hydrogens is 771 g/mol. The van der Waals surface area contributed by atoms with Crippen LogP contribution in [0.4, 0.5) is 0 Å². The van der Waals surface area contributed by atoms with Crippen molar-refractivity contribution in [2.45, 2.75) is 185 Å². The van der Waals surface area contributed by atoms with E-state index in [0.29, 0.717) is 75.1 Å². The lowest BCUT2D eigenvalue weighted by Gasteiger charge is -2.40. The fourth-order valence-electron chi connectivity index (χ4n) is 12.7. The van der Waals surface area contributed by atoms with Gasteiger partial charge in [-0.05, 0) is 101 Å². The van der Waals surface area contributed by atoms with E-state index in [1.807, 2.05) is 0 Å². The van der Waals surface area contributed by atoms with Crippen molar-refractivity contribution in [3.05, 3.63) is 25.7 Å². The van der Waals surface area contributed by atoms with Gasteiger partial charge in [-0.1, -0.05) is 101 Å². The Bertz CT molecular complexity index is 1330. The minimum absolute atomic E-state index is 0.0530. The van der Waals surface area contributed by atoms with E-state index >= 15 is 0 Å². The molecule has 62 heavy (non-hydrogen) atoms. The molecule has 348 valence electrons. The number of likely N-dealkylation sites (tertiary alicyclic amines) is 1. The lowest BCUT2D eigenvalue weighted by atomic mass is 9.67. The van der Waals surface area contributed by atoms with Crippen LogP contribution in [-0.4, -0.2) is 88.6 Å². The van der Waals surface area contributed by atoms with Crippen LogP contribution in [0.1, 0.15) is 161 Å². The molecule has 1 aliphatic heterocycles. The topological polar surface area (TPSA) is 58.6 Å². The Kier molecular flexibility index (Phi) is 20.8. The second-order valence-electron chi connectivity index (χ2n) is 20.8. The number of ether oxygens (including phenoxy) is 6. The highest BCUT2D eigenvalue weighted by Gasteiger charge is 2.41. The predicted octanol–water partition coefficient (Wildman–Crippen LogP) is 11.5. The molecule has 7 rings (SSSR count). The molecule has 0 aromatic heterocycles. The molecule has 0 radical (unpaired) electrons. The SMILES string of the molecule is C=COCCCOC1CCC(C#CC2CCCCC2)CC1COC1CN(CC2CCC3CCCCC3C2)CC1OCC1CC(C#CC2CCCCC2)CCC1OCCCOC=C. The molecule has 7 fully saturated rings. The van der Waals surface area contributed by atoms with Crippen molar-refractivity contribution in [3.63, 3.8) is 0 Å². The molecule has 11 atom stereocenters. The van der Waals surface area contributed by atoms with E-state index in [4.69, 9.17) is 28.4 Å². The van der Waals surface area contributed by atoms with E-state index in [9.17, 15) is 0 Å². The van der Waals surface area contributed by atoms with Gasteiger partial charge in [0.1, 0.15) is 0 Å². The summed E-state index contributed by atoms with van der Waals surface area (Å²) < 4.78 is 38.4. The minimum atomic E-state index is 0.0530. The zero-order chi connectivity index (χ0) is 42.6. The number of nitrogens with zero attached hydrogens (tertiary/aromatic N) is 1. The monoisotopic (exact) mass is 858 g/mol. The van der Waals surface area contributed by atoms with Crippen molar-refractivity contribution >= 4 is 0 Å². The Balaban J connectivity index is 1.01. The molecule has 7 aliphatic rings. The normalized spacial score (nSPS) is 34.8. The maximum absolute atomic E-state index is 7.17. The number of fused-ring (bicyclic) bond motifs is 1. The first-order chi connectivity index (χ1) is 30.6. The second kappa shape index (κ2) is 26.8. The molecule has 0 amide bonds. The molecule has 11 unspecified atom stereocenters. The third-order valence-electron chi connectivity index (χ3n) is 16.2. The van der Waals surface area contributed by atoms with Crippen LogP contribution in [0, 0.1) is 76.9 Å². The maximum Gasteiger partial charge on any atom is 0.0975 e. The summed E-state index contributed by atoms with van der Waals surface area (Å²) in [4.78, 5) is 2.73. The first-order valence-corrected chi connectivity index (χ1v) is 26.3. The highest BCUT2D eigenvalue weighted by molar-refractivity contribution is 5.11. The van der Waals surface area contributed by atoms with Crippen LogP contribution < -0.4 is 0 Å². The van der Waals surface area contributed by atoms with E-state index in [2.05, 4.69) is 41.7 Å². The molecule has 0 aromatic carbocycles. The van der Waals surface area contributed by atoms with Gasteiger partial charge in [0.15, 0.2) is 0 Å². The van der Waals surface area contributed by atoms with Gasteiger partial charge in [0.05, 0.1) is 76.6 Å². The summed E-state index contributed by atoms with van der Waals surface area (Å²) in [5.74, 6) is 20.5. The summed E-state index contributed by atoms with van der Waals surface area (Å²) in [5, 5.41) is 0. The van der Waals surface area contributed by atoms with E-state index in [-0.39, 0.29) is 24.4 Å². The van der Waals surface area contributed by atoms with Crippen LogP contribution >= 0.6 is 0 Å². The largest absolute Gasteiger partial charge is 0.502 e. The maximum atomic E-state index is 7.17. The average Bonchev–Trinajstić information content (AvgIpc) is 3.70. The van der Waals surface area contributed by atoms with Crippen molar-refractivity contribution in [2.24, 2.45) is 53.3 Å². The molecule has 0 N–H and O–H groups in total. The number of hydrogen-bond donors (Lipinski definition) is 0. The van der Waals surface area contributed by atoms with Crippen LogP contribution in [0.15, 0.2) is 25.7 Å². The molecular formula is C55H87NO6. The summed E-state index contributed by atoms with van der Waals surface area (Å²) in [6, 6.07) is 0. The third-order valence-corrected chi connectivity index (χ3v) is 16.2. The predicted molar refractivity (Wildman–Crippen MR) is 250 cm³/mol. The number of hydrogen-bond acceptors (Lipinski definition) is 7. The van der Waals surface area contributed by atoms with Crippen molar-refractivity contribution in [1.29, 1.82) is 0 Å². The van der Waals surface area contributed by atoms with Crippen LogP contribution in [-0.2, 0) is 28.4 Å². The summed E-state index contributed by atoms with van der Waals surface area (Å²) in [6.07, 6.45) is 35.0. The van der Waals surface area contributed by atoms with Gasteiger partial charge in [0, 0.05) is 68.0 Å². The Hall–Kier alpha value is -2.00. The van der Waals surface area contributed by atoms with E-state index in [1.165, 1.54) is 128 Å².